The monoisotopic (exact) mass is 564 g/mol. The molecule has 0 radical (unpaired) electrons. The Kier molecular flexibility index (Phi) is 9.77. The fourth-order valence-corrected chi connectivity index (χ4v) is 5.82. The number of rotatable bonds is 11. The molecule has 0 spiro atoms. The van der Waals surface area contributed by atoms with Crippen molar-refractivity contribution in [2.45, 2.75) is 92.2 Å². The highest BCUT2D eigenvalue weighted by Crippen LogP contribution is 2.35. The summed E-state index contributed by atoms with van der Waals surface area (Å²) < 4.78 is 2.11. The summed E-state index contributed by atoms with van der Waals surface area (Å²) in [5.41, 5.74) is 2.65. The van der Waals surface area contributed by atoms with Crippen molar-refractivity contribution < 1.29 is 14.7 Å². The number of anilines is 1. The maximum atomic E-state index is 11.8. The van der Waals surface area contributed by atoms with E-state index >= 15 is 0 Å². The van der Waals surface area contributed by atoms with Gasteiger partial charge in [-0.2, -0.15) is 0 Å². The normalized spacial score (nSPS) is 20.9. The second-order valence-corrected chi connectivity index (χ2v) is 11.9. The summed E-state index contributed by atoms with van der Waals surface area (Å²) in [6, 6.07) is 0.123. The quantitative estimate of drug-likeness (QED) is 0.104. The third kappa shape index (κ3) is 7.12. The van der Waals surface area contributed by atoms with Gasteiger partial charge in [0, 0.05) is 12.6 Å². The molecular formula is C30H44N8O3. The number of nitrogens with one attached hydrogen (secondary N) is 4. The molecule has 2 aliphatic rings. The van der Waals surface area contributed by atoms with Crippen LogP contribution >= 0.6 is 0 Å². The van der Waals surface area contributed by atoms with Crippen LogP contribution in [0.25, 0.3) is 16.9 Å². The molecule has 0 unspecified atom stereocenters. The maximum absolute atomic E-state index is 11.8. The van der Waals surface area contributed by atoms with Gasteiger partial charge in [0.1, 0.15) is 5.52 Å². The molecule has 11 nitrogen and oxygen atoms in total. The molecule has 11 heteroatoms. The van der Waals surface area contributed by atoms with E-state index in [2.05, 4.69) is 58.2 Å². The molecule has 2 aromatic rings. The third-order valence-corrected chi connectivity index (χ3v) is 8.62. The first-order valence-electron chi connectivity index (χ1n) is 14.8. The Morgan fingerprint density at radius 1 is 1.12 bits per heavy atom. The lowest BCUT2D eigenvalue weighted by molar-refractivity contribution is -0.108. The molecule has 2 aromatic heterocycles. The summed E-state index contributed by atoms with van der Waals surface area (Å²) >= 11 is 0. The zero-order valence-electron chi connectivity index (χ0n) is 24.8. The number of carboxylic acid groups (broad SMARTS) is 1. The lowest BCUT2D eigenvalue weighted by atomic mass is 9.80. The van der Waals surface area contributed by atoms with Crippen LogP contribution in [0.3, 0.4) is 0 Å². The molecular weight excluding hydrogens is 520 g/mol. The minimum absolute atomic E-state index is 0.0592. The van der Waals surface area contributed by atoms with Crippen LogP contribution in [0.2, 0.25) is 0 Å². The van der Waals surface area contributed by atoms with Crippen LogP contribution in [0.15, 0.2) is 17.7 Å². The standard InChI is InChI=1S/C30H44N8O3/c1-6-21(17(2)3)14-23(32-16-39)29-37-27-24(38(29)15-20-12-10-18(4)11-13-20)26(33-19(5)22-8-7-9-22)35-28(36-27)25(31)34-30(40)41/h6,14,16-20,22H,7-13,15H2,1-5H3,(H2,31,34)(H,32,39)(H,40,41)(H,33,35,36)/b21-6+,23-14-/t18-,19-,20-/m1/s1. The topological polar surface area (TPSA) is 158 Å². The smallest absolute Gasteiger partial charge is 0.410 e. The predicted octanol–water partition coefficient (Wildman–Crippen LogP) is 5.54. The van der Waals surface area contributed by atoms with E-state index < -0.39 is 11.9 Å². The summed E-state index contributed by atoms with van der Waals surface area (Å²) in [6.07, 6.45) is 11.3. The number of amides is 2. The van der Waals surface area contributed by atoms with Crippen molar-refractivity contribution in [1.29, 1.82) is 5.41 Å². The van der Waals surface area contributed by atoms with Gasteiger partial charge in [-0.15, -0.1) is 0 Å². The van der Waals surface area contributed by atoms with Gasteiger partial charge in [0.25, 0.3) is 0 Å². The highest BCUT2D eigenvalue weighted by atomic mass is 16.4. The first kappa shape index (κ1) is 30.2. The molecule has 2 aliphatic carbocycles. The SMILES string of the molecule is C/C=C(\C=C(/NC=O)c1nc2nc(C(=N)NC(=O)O)nc(N[C@H](C)C3CCC3)c2n1C[C@H]1CC[C@H](C)CC1)C(C)C. The van der Waals surface area contributed by atoms with Crippen molar-refractivity contribution in [3.8, 4) is 0 Å². The molecule has 0 aromatic carbocycles. The number of carbonyl (C=O) groups is 2. The Bertz CT molecular complexity index is 1330. The lowest BCUT2D eigenvalue weighted by Crippen LogP contribution is -2.33. The minimum Gasteiger partial charge on any atom is -0.465 e. The highest BCUT2D eigenvalue weighted by molar-refractivity contribution is 6.03. The van der Waals surface area contributed by atoms with Crippen LogP contribution < -0.4 is 16.0 Å². The minimum atomic E-state index is -1.36. The average Bonchev–Trinajstić information content (AvgIpc) is 3.24. The second-order valence-electron chi connectivity index (χ2n) is 11.9. The van der Waals surface area contributed by atoms with Crippen molar-refractivity contribution in [2.75, 3.05) is 5.32 Å². The molecule has 2 amide bonds. The molecule has 41 heavy (non-hydrogen) atoms. The number of imidazole rings is 1. The summed E-state index contributed by atoms with van der Waals surface area (Å²) in [5.74, 6) is 2.47. The van der Waals surface area contributed by atoms with E-state index in [0.29, 0.717) is 59.2 Å². The molecule has 0 bridgehead atoms. The van der Waals surface area contributed by atoms with Gasteiger partial charge in [-0.3, -0.25) is 15.5 Å². The van der Waals surface area contributed by atoms with Crippen LogP contribution in [-0.4, -0.2) is 49.0 Å². The number of nitrogens with zero attached hydrogens (tertiary/aromatic N) is 4. The fraction of sp³-hybridized carbons (Fsp3) is 0.600. The van der Waals surface area contributed by atoms with Gasteiger partial charge in [0.15, 0.2) is 28.9 Å². The predicted molar refractivity (Wildman–Crippen MR) is 161 cm³/mol. The first-order valence-corrected chi connectivity index (χ1v) is 14.8. The summed E-state index contributed by atoms with van der Waals surface area (Å²) in [6.45, 7) is 11.3. The van der Waals surface area contributed by atoms with Crippen molar-refractivity contribution in [3.05, 3.63) is 29.4 Å². The number of hydrogen-bond acceptors (Lipinski definition) is 7. The Morgan fingerprint density at radius 3 is 2.39 bits per heavy atom. The van der Waals surface area contributed by atoms with E-state index in [9.17, 15) is 14.7 Å². The molecule has 2 fully saturated rings. The van der Waals surface area contributed by atoms with Gasteiger partial charge in [-0.1, -0.05) is 46.1 Å². The van der Waals surface area contributed by atoms with Crippen molar-refractivity contribution in [3.63, 3.8) is 0 Å². The summed E-state index contributed by atoms with van der Waals surface area (Å²) in [7, 11) is 0. The van der Waals surface area contributed by atoms with E-state index in [0.717, 1.165) is 31.3 Å². The lowest BCUT2D eigenvalue weighted by Gasteiger charge is -2.32. The Hall–Kier alpha value is -3.76. The maximum Gasteiger partial charge on any atom is 0.410 e. The second kappa shape index (κ2) is 13.3. The third-order valence-electron chi connectivity index (χ3n) is 8.62. The number of aromatic nitrogens is 4. The van der Waals surface area contributed by atoms with Crippen LogP contribution in [0.1, 0.15) is 91.2 Å². The first-order chi connectivity index (χ1) is 19.6. The summed E-state index contributed by atoms with van der Waals surface area (Å²) in [5, 5.41) is 26.0. The molecule has 0 aliphatic heterocycles. The molecule has 1 atom stereocenters. The molecule has 5 N–H and O–H groups in total. The van der Waals surface area contributed by atoms with Gasteiger partial charge < -0.3 is 20.3 Å². The number of amidine groups is 1. The van der Waals surface area contributed by atoms with Crippen LogP contribution in [-0.2, 0) is 11.3 Å². The molecule has 2 saturated carbocycles. The fourth-order valence-electron chi connectivity index (χ4n) is 5.82. The highest BCUT2D eigenvalue weighted by Gasteiger charge is 2.29. The average molecular weight is 565 g/mol. The van der Waals surface area contributed by atoms with Gasteiger partial charge in [-0.25, -0.2) is 19.7 Å². The Morgan fingerprint density at radius 2 is 1.83 bits per heavy atom. The molecule has 0 saturated heterocycles. The van der Waals surface area contributed by atoms with Crippen molar-refractivity contribution in [1.82, 2.24) is 30.2 Å². The largest absolute Gasteiger partial charge is 0.465 e. The number of hydrogen-bond donors (Lipinski definition) is 5. The van der Waals surface area contributed by atoms with Crippen LogP contribution in [0.5, 0.6) is 0 Å². The Labute approximate surface area is 241 Å². The molecule has 4 rings (SSSR count). The van der Waals surface area contributed by atoms with Gasteiger partial charge in [-0.05, 0) is 74.9 Å². The van der Waals surface area contributed by atoms with E-state index in [1.54, 1.807) is 0 Å². The van der Waals surface area contributed by atoms with Gasteiger partial charge in [0.05, 0.1) is 5.70 Å². The van der Waals surface area contributed by atoms with E-state index in [1.807, 2.05) is 19.1 Å². The van der Waals surface area contributed by atoms with E-state index in [4.69, 9.17) is 10.4 Å². The van der Waals surface area contributed by atoms with E-state index in [-0.39, 0.29) is 17.8 Å². The van der Waals surface area contributed by atoms with E-state index in [1.165, 1.54) is 19.3 Å². The number of fused-ring (bicyclic) bond motifs is 1. The Balaban J connectivity index is 1.92. The molecule has 222 valence electrons. The zero-order chi connectivity index (χ0) is 29.7. The van der Waals surface area contributed by atoms with Crippen LogP contribution in [0.4, 0.5) is 10.6 Å². The number of carbonyl (C=O) groups excluding carboxylic acids is 1. The molecule has 2 heterocycles. The van der Waals surface area contributed by atoms with Crippen LogP contribution in [0, 0.1) is 29.1 Å². The number of allylic oxidation sites excluding steroid dienone is 3. The van der Waals surface area contributed by atoms with Gasteiger partial charge in [0.2, 0.25) is 6.41 Å². The van der Waals surface area contributed by atoms with Gasteiger partial charge >= 0.3 is 6.09 Å². The van der Waals surface area contributed by atoms with Crippen molar-refractivity contribution in [2.24, 2.45) is 23.7 Å². The zero-order valence-corrected chi connectivity index (χ0v) is 24.8. The summed E-state index contributed by atoms with van der Waals surface area (Å²) in [4.78, 5) is 37.2. The van der Waals surface area contributed by atoms with Crippen molar-refractivity contribution >= 4 is 41.0 Å².